The second-order valence-electron chi connectivity index (χ2n) is 5.82. The van der Waals surface area contributed by atoms with Crippen LogP contribution in [0.2, 0.25) is 0 Å². The Hall–Kier alpha value is -0.0400. The Morgan fingerprint density at radius 1 is 1.21 bits per heavy atom. The van der Waals surface area contributed by atoms with Crippen LogP contribution in [-0.4, -0.2) is 24.0 Å². The second kappa shape index (κ2) is 4.65. The van der Waals surface area contributed by atoms with Gasteiger partial charge in [-0.2, -0.15) is 0 Å². The molecule has 0 spiro atoms. The van der Waals surface area contributed by atoms with Crippen LogP contribution in [0.25, 0.3) is 0 Å². The molecular formula is C13H27N. The minimum Gasteiger partial charge on any atom is -0.300 e. The Morgan fingerprint density at radius 2 is 1.79 bits per heavy atom. The van der Waals surface area contributed by atoms with Crippen LogP contribution in [0, 0.1) is 11.3 Å². The summed E-state index contributed by atoms with van der Waals surface area (Å²) < 4.78 is 0. The first-order chi connectivity index (χ1) is 6.49. The van der Waals surface area contributed by atoms with Crippen molar-refractivity contribution in [2.75, 3.05) is 13.1 Å². The Labute approximate surface area is 89.9 Å². The highest BCUT2D eigenvalue weighted by Crippen LogP contribution is 2.34. The third-order valence-corrected chi connectivity index (χ3v) is 3.90. The SMILES string of the molecule is CCC(CC)N1CCC(C(C)(C)C)C1. The van der Waals surface area contributed by atoms with Crippen LogP contribution in [-0.2, 0) is 0 Å². The highest BCUT2D eigenvalue weighted by Gasteiger charge is 2.33. The van der Waals surface area contributed by atoms with Gasteiger partial charge in [0, 0.05) is 12.6 Å². The minimum absolute atomic E-state index is 0.501. The van der Waals surface area contributed by atoms with Crippen molar-refractivity contribution in [3.05, 3.63) is 0 Å². The van der Waals surface area contributed by atoms with Crippen molar-refractivity contribution in [3.63, 3.8) is 0 Å². The summed E-state index contributed by atoms with van der Waals surface area (Å²) >= 11 is 0. The number of hydrogen-bond acceptors (Lipinski definition) is 1. The van der Waals surface area contributed by atoms with Gasteiger partial charge in [-0.15, -0.1) is 0 Å². The summed E-state index contributed by atoms with van der Waals surface area (Å²) in [7, 11) is 0. The normalized spacial score (nSPS) is 24.9. The zero-order chi connectivity index (χ0) is 10.8. The smallest absolute Gasteiger partial charge is 0.00901 e. The fourth-order valence-electron chi connectivity index (χ4n) is 2.63. The molecule has 1 nitrogen and oxygen atoms in total. The van der Waals surface area contributed by atoms with Gasteiger partial charge in [0.2, 0.25) is 0 Å². The predicted octanol–water partition coefficient (Wildman–Crippen LogP) is 3.54. The Bertz CT molecular complexity index is 165. The van der Waals surface area contributed by atoms with E-state index < -0.39 is 0 Å². The van der Waals surface area contributed by atoms with Gasteiger partial charge >= 0.3 is 0 Å². The highest BCUT2D eigenvalue weighted by atomic mass is 15.2. The molecule has 0 bridgehead atoms. The van der Waals surface area contributed by atoms with Gasteiger partial charge in [0.15, 0.2) is 0 Å². The lowest BCUT2D eigenvalue weighted by Gasteiger charge is -2.30. The number of rotatable bonds is 3. The van der Waals surface area contributed by atoms with Gasteiger partial charge < -0.3 is 4.90 Å². The number of hydrogen-bond donors (Lipinski definition) is 0. The van der Waals surface area contributed by atoms with Crippen LogP contribution < -0.4 is 0 Å². The van der Waals surface area contributed by atoms with Crippen LogP contribution in [0.3, 0.4) is 0 Å². The summed E-state index contributed by atoms with van der Waals surface area (Å²) in [5, 5.41) is 0. The Kier molecular flexibility index (Phi) is 4.00. The largest absolute Gasteiger partial charge is 0.300 e. The fourth-order valence-corrected chi connectivity index (χ4v) is 2.63. The summed E-state index contributed by atoms with van der Waals surface area (Å²) in [6.45, 7) is 14.4. The molecular weight excluding hydrogens is 170 g/mol. The van der Waals surface area contributed by atoms with E-state index >= 15 is 0 Å². The van der Waals surface area contributed by atoms with Gasteiger partial charge in [0.1, 0.15) is 0 Å². The van der Waals surface area contributed by atoms with Crippen LogP contribution in [0.1, 0.15) is 53.9 Å². The summed E-state index contributed by atoms with van der Waals surface area (Å²) in [6.07, 6.45) is 4.03. The third kappa shape index (κ3) is 2.73. The second-order valence-corrected chi connectivity index (χ2v) is 5.82. The molecule has 0 saturated carbocycles. The van der Waals surface area contributed by atoms with Crippen LogP contribution >= 0.6 is 0 Å². The van der Waals surface area contributed by atoms with Crippen LogP contribution in [0.15, 0.2) is 0 Å². The maximum atomic E-state index is 2.70. The molecule has 1 fully saturated rings. The van der Waals surface area contributed by atoms with Gasteiger partial charge in [-0.25, -0.2) is 0 Å². The lowest BCUT2D eigenvalue weighted by Crippen LogP contribution is -2.34. The summed E-state index contributed by atoms with van der Waals surface area (Å²) in [4.78, 5) is 2.70. The Balaban J connectivity index is 2.48. The fraction of sp³-hybridized carbons (Fsp3) is 1.00. The zero-order valence-corrected chi connectivity index (χ0v) is 10.6. The molecule has 0 aromatic rings. The zero-order valence-electron chi connectivity index (χ0n) is 10.6. The summed E-state index contributed by atoms with van der Waals surface area (Å²) in [6, 6.07) is 0.836. The van der Waals surface area contributed by atoms with Gasteiger partial charge in [0.05, 0.1) is 0 Å². The van der Waals surface area contributed by atoms with E-state index in [1.54, 1.807) is 0 Å². The lowest BCUT2D eigenvalue weighted by atomic mass is 9.80. The summed E-state index contributed by atoms with van der Waals surface area (Å²) in [5.41, 5.74) is 0.501. The van der Waals surface area contributed by atoms with Crippen LogP contribution in [0.5, 0.6) is 0 Å². The topological polar surface area (TPSA) is 3.24 Å². The van der Waals surface area contributed by atoms with E-state index in [0.29, 0.717) is 5.41 Å². The number of likely N-dealkylation sites (tertiary alicyclic amines) is 1. The highest BCUT2D eigenvalue weighted by molar-refractivity contribution is 4.86. The van der Waals surface area contributed by atoms with Crippen molar-refractivity contribution in [1.82, 2.24) is 4.90 Å². The first-order valence-corrected chi connectivity index (χ1v) is 6.23. The standard InChI is InChI=1S/C13H27N/c1-6-12(7-2)14-9-8-11(10-14)13(3,4)5/h11-12H,6-10H2,1-5H3. The molecule has 1 atom stereocenters. The molecule has 1 rings (SSSR count). The molecule has 0 aliphatic carbocycles. The Morgan fingerprint density at radius 3 is 2.14 bits per heavy atom. The van der Waals surface area contributed by atoms with Gasteiger partial charge in [0.25, 0.3) is 0 Å². The first kappa shape index (κ1) is 12.0. The average Bonchev–Trinajstić information content (AvgIpc) is 2.54. The monoisotopic (exact) mass is 197 g/mol. The minimum atomic E-state index is 0.501. The molecule has 14 heavy (non-hydrogen) atoms. The van der Waals surface area contributed by atoms with Crippen molar-refractivity contribution in [3.8, 4) is 0 Å². The van der Waals surface area contributed by atoms with Gasteiger partial charge in [-0.1, -0.05) is 34.6 Å². The first-order valence-electron chi connectivity index (χ1n) is 6.23. The van der Waals surface area contributed by atoms with Crippen LogP contribution in [0.4, 0.5) is 0 Å². The van der Waals surface area contributed by atoms with Crippen molar-refractivity contribution < 1.29 is 0 Å². The molecule has 0 aromatic carbocycles. The predicted molar refractivity (Wildman–Crippen MR) is 63.5 cm³/mol. The van der Waals surface area contributed by atoms with Crippen molar-refractivity contribution >= 4 is 0 Å². The molecule has 1 unspecified atom stereocenters. The van der Waals surface area contributed by atoms with E-state index in [4.69, 9.17) is 0 Å². The van der Waals surface area contributed by atoms with E-state index in [9.17, 15) is 0 Å². The molecule has 0 aromatic heterocycles. The van der Waals surface area contributed by atoms with Crippen molar-refractivity contribution in [2.24, 2.45) is 11.3 Å². The van der Waals surface area contributed by atoms with E-state index in [2.05, 4.69) is 39.5 Å². The molecule has 1 heteroatoms. The number of nitrogens with zero attached hydrogens (tertiary/aromatic N) is 1. The molecule has 0 N–H and O–H groups in total. The average molecular weight is 197 g/mol. The van der Waals surface area contributed by atoms with E-state index in [-0.39, 0.29) is 0 Å². The maximum Gasteiger partial charge on any atom is 0.00901 e. The quantitative estimate of drug-likeness (QED) is 0.669. The molecule has 1 aliphatic rings. The molecule has 84 valence electrons. The van der Waals surface area contributed by atoms with E-state index in [1.165, 1.54) is 32.4 Å². The molecule has 1 aliphatic heterocycles. The van der Waals surface area contributed by atoms with Crippen molar-refractivity contribution in [2.45, 2.75) is 59.9 Å². The molecule has 1 heterocycles. The lowest BCUT2D eigenvalue weighted by molar-refractivity contribution is 0.187. The third-order valence-electron chi connectivity index (χ3n) is 3.90. The van der Waals surface area contributed by atoms with Crippen molar-refractivity contribution in [1.29, 1.82) is 0 Å². The summed E-state index contributed by atoms with van der Waals surface area (Å²) in [5.74, 6) is 0.906. The van der Waals surface area contributed by atoms with Gasteiger partial charge in [-0.05, 0) is 37.1 Å². The van der Waals surface area contributed by atoms with E-state index in [1.807, 2.05) is 0 Å². The van der Waals surface area contributed by atoms with Gasteiger partial charge in [-0.3, -0.25) is 0 Å². The van der Waals surface area contributed by atoms with E-state index in [0.717, 1.165) is 12.0 Å². The molecule has 0 radical (unpaired) electrons. The molecule has 0 amide bonds. The maximum absolute atomic E-state index is 2.70. The molecule has 1 saturated heterocycles.